The van der Waals surface area contributed by atoms with Gasteiger partial charge in [-0.15, -0.1) is 0 Å². The molecule has 3 aromatic carbocycles. The highest BCUT2D eigenvalue weighted by molar-refractivity contribution is 6.19. The molecule has 0 bridgehead atoms. The van der Waals surface area contributed by atoms with E-state index in [1.165, 1.54) is 0 Å². The maximum absolute atomic E-state index is 14.0. The van der Waals surface area contributed by atoms with Crippen molar-refractivity contribution in [2.45, 2.75) is 13.8 Å². The lowest BCUT2D eigenvalue weighted by atomic mass is 9.96. The first-order chi connectivity index (χ1) is 16.1. The summed E-state index contributed by atoms with van der Waals surface area (Å²) >= 11 is 0. The van der Waals surface area contributed by atoms with E-state index >= 15 is 0 Å². The van der Waals surface area contributed by atoms with Gasteiger partial charge in [-0.25, -0.2) is 4.79 Å². The second-order valence-electron chi connectivity index (χ2n) is 8.00. The molecule has 0 fully saturated rings. The van der Waals surface area contributed by atoms with E-state index in [4.69, 9.17) is 4.74 Å². The number of esters is 1. The van der Waals surface area contributed by atoms with Crippen molar-refractivity contribution in [2.75, 3.05) is 6.61 Å². The van der Waals surface area contributed by atoms with Crippen LogP contribution in [-0.4, -0.2) is 22.8 Å². The highest BCUT2D eigenvalue weighted by Gasteiger charge is 2.30. The van der Waals surface area contributed by atoms with Crippen molar-refractivity contribution in [2.24, 2.45) is 0 Å². The van der Waals surface area contributed by atoms with Gasteiger partial charge < -0.3 is 9.14 Å². The Morgan fingerprint density at radius 3 is 2.18 bits per heavy atom. The fourth-order valence-electron chi connectivity index (χ4n) is 4.42. The summed E-state index contributed by atoms with van der Waals surface area (Å²) in [5, 5.41) is 0.995. The largest absolute Gasteiger partial charge is 0.462 e. The molecule has 2 heterocycles. The Morgan fingerprint density at radius 1 is 0.818 bits per heavy atom. The molecule has 4 heteroatoms. The zero-order chi connectivity index (χ0) is 22.9. The smallest absolute Gasteiger partial charge is 0.340 e. The number of nitrogens with zero attached hydrogens (tertiary/aromatic N) is 1. The minimum atomic E-state index is -0.438. The molecule has 0 aliphatic carbocycles. The molecule has 0 unspecified atom stereocenters. The third kappa shape index (κ3) is 3.50. The lowest BCUT2D eigenvalue weighted by Gasteiger charge is -2.10. The monoisotopic (exact) mass is 433 g/mol. The Bertz CT molecular complexity index is 1500. The van der Waals surface area contributed by atoms with Crippen LogP contribution in [0, 0.1) is 6.92 Å². The van der Waals surface area contributed by atoms with Crippen LogP contribution < -0.4 is 0 Å². The first kappa shape index (κ1) is 20.7. The van der Waals surface area contributed by atoms with Crippen LogP contribution >= 0.6 is 0 Å². The summed E-state index contributed by atoms with van der Waals surface area (Å²) in [6.45, 7) is 4.07. The van der Waals surface area contributed by atoms with Crippen LogP contribution in [0.5, 0.6) is 0 Å². The number of carbonyl (C=O) groups is 2. The van der Waals surface area contributed by atoms with Crippen LogP contribution in [0.15, 0.2) is 91.0 Å². The molecule has 2 aromatic heterocycles. The molecule has 0 atom stereocenters. The molecule has 0 radical (unpaired) electrons. The SMILES string of the molecule is CCOC(=O)c1c(-c2ccccc2)c(C(=O)c2ccccc2)n2c1ccc1cc(C)ccc12. The van der Waals surface area contributed by atoms with Gasteiger partial charge in [0.1, 0.15) is 5.69 Å². The third-order valence-corrected chi connectivity index (χ3v) is 5.85. The number of pyridine rings is 1. The fraction of sp³-hybridized carbons (Fsp3) is 0.103. The summed E-state index contributed by atoms with van der Waals surface area (Å²) in [6.07, 6.45) is 0. The Balaban J connectivity index is 1.98. The van der Waals surface area contributed by atoms with Gasteiger partial charge in [0.25, 0.3) is 0 Å². The second-order valence-corrected chi connectivity index (χ2v) is 8.00. The molecule has 0 spiro atoms. The first-order valence-electron chi connectivity index (χ1n) is 11.0. The third-order valence-electron chi connectivity index (χ3n) is 5.85. The van der Waals surface area contributed by atoms with Crippen molar-refractivity contribution in [3.63, 3.8) is 0 Å². The van der Waals surface area contributed by atoms with E-state index < -0.39 is 5.97 Å². The van der Waals surface area contributed by atoms with Gasteiger partial charge in [0.2, 0.25) is 5.78 Å². The summed E-state index contributed by atoms with van der Waals surface area (Å²) in [4.78, 5) is 27.3. The number of rotatable bonds is 5. The molecule has 4 nitrogen and oxygen atoms in total. The molecule has 5 aromatic rings. The molecule has 33 heavy (non-hydrogen) atoms. The van der Waals surface area contributed by atoms with Crippen molar-refractivity contribution < 1.29 is 14.3 Å². The molecular weight excluding hydrogens is 410 g/mol. The lowest BCUT2D eigenvalue weighted by molar-refractivity contribution is 0.0529. The van der Waals surface area contributed by atoms with Crippen LogP contribution in [0.3, 0.4) is 0 Å². The van der Waals surface area contributed by atoms with Crippen molar-refractivity contribution in [1.82, 2.24) is 4.40 Å². The number of hydrogen-bond acceptors (Lipinski definition) is 3. The lowest BCUT2D eigenvalue weighted by Crippen LogP contribution is -2.08. The Hall–Kier alpha value is -4.18. The van der Waals surface area contributed by atoms with E-state index in [2.05, 4.69) is 6.07 Å². The van der Waals surface area contributed by atoms with E-state index in [1.54, 1.807) is 19.1 Å². The number of benzene rings is 3. The van der Waals surface area contributed by atoms with E-state index in [0.29, 0.717) is 27.9 Å². The standard InChI is InChI=1S/C29H23NO3/c1-3-33-29(32)26-24-17-15-22-18-19(2)14-16-23(22)30(24)27(25(26)20-10-6-4-7-11-20)28(31)21-12-8-5-9-13-21/h4-18H,3H2,1-2H3. The number of aromatic nitrogens is 1. The first-order valence-corrected chi connectivity index (χ1v) is 11.0. The van der Waals surface area contributed by atoms with Crippen molar-refractivity contribution in [1.29, 1.82) is 0 Å². The van der Waals surface area contributed by atoms with Crippen LogP contribution in [0.25, 0.3) is 27.5 Å². The molecule has 5 rings (SSSR count). The summed E-state index contributed by atoms with van der Waals surface area (Å²) in [5.74, 6) is -0.583. The van der Waals surface area contributed by atoms with Gasteiger partial charge in [-0.1, -0.05) is 78.4 Å². The van der Waals surface area contributed by atoms with Gasteiger partial charge >= 0.3 is 5.97 Å². The number of aryl methyl sites for hydroxylation is 1. The van der Waals surface area contributed by atoms with Crippen LogP contribution in [0.2, 0.25) is 0 Å². The average molecular weight is 434 g/mol. The Morgan fingerprint density at radius 2 is 1.48 bits per heavy atom. The van der Waals surface area contributed by atoms with Gasteiger partial charge in [-0.05, 0) is 43.0 Å². The van der Waals surface area contributed by atoms with Crippen LogP contribution in [0.4, 0.5) is 0 Å². The van der Waals surface area contributed by atoms with E-state index in [9.17, 15) is 9.59 Å². The topological polar surface area (TPSA) is 47.8 Å². The van der Waals surface area contributed by atoms with Gasteiger partial charge in [-0.3, -0.25) is 4.79 Å². The average Bonchev–Trinajstić information content (AvgIpc) is 3.20. The predicted molar refractivity (Wildman–Crippen MR) is 131 cm³/mol. The number of hydrogen-bond donors (Lipinski definition) is 0. The van der Waals surface area contributed by atoms with Crippen LogP contribution in [-0.2, 0) is 4.74 Å². The van der Waals surface area contributed by atoms with Gasteiger partial charge in [0, 0.05) is 11.1 Å². The molecule has 0 aliphatic rings. The quantitative estimate of drug-likeness (QED) is 0.236. The van der Waals surface area contributed by atoms with Crippen molar-refractivity contribution >= 4 is 28.2 Å². The predicted octanol–water partition coefficient (Wildman–Crippen LogP) is 6.48. The number of fused-ring (bicyclic) bond motifs is 3. The van der Waals surface area contributed by atoms with Crippen molar-refractivity contribution in [3.8, 4) is 11.1 Å². The number of ether oxygens (including phenoxy) is 1. The Kier molecular flexibility index (Phi) is 5.27. The highest BCUT2D eigenvalue weighted by Crippen LogP contribution is 2.37. The Labute approximate surface area is 192 Å². The van der Waals surface area contributed by atoms with Gasteiger partial charge in [0.15, 0.2) is 0 Å². The summed E-state index contributed by atoms with van der Waals surface area (Å²) < 4.78 is 7.38. The molecule has 0 aliphatic heterocycles. The summed E-state index contributed by atoms with van der Waals surface area (Å²) in [7, 11) is 0. The zero-order valence-corrected chi connectivity index (χ0v) is 18.5. The van der Waals surface area contributed by atoms with Crippen molar-refractivity contribution in [3.05, 3.63) is 113 Å². The second kappa shape index (κ2) is 8.40. The van der Waals surface area contributed by atoms with Gasteiger partial charge in [0.05, 0.1) is 23.2 Å². The molecule has 0 N–H and O–H groups in total. The molecular formula is C29H23NO3. The van der Waals surface area contributed by atoms with Gasteiger partial charge in [-0.2, -0.15) is 0 Å². The molecule has 0 saturated carbocycles. The molecule has 0 amide bonds. The zero-order valence-electron chi connectivity index (χ0n) is 18.5. The van der Waals surface area contributed by atoms with Crippen LogP contribution in [0.1, 0.15) is 38.9 Å². The maximum atomic E-state index is 14.0. The molecule has 0 saturated heterocycles. The molecule has 162 valence electrons. The normalized spacial score (nSPS) is 11.1. The summed E-state index contributed by atoms with van der Waals surface area (Å²) in [5.41, 5.74) is 5.46. The number of ketones is 1. The summed E-state index contributed by atoms with van der Waals surface area (Å²) in [6, 6.07) is 28.8. The highest BCUT2D eigenvalue weighted by atomic mass is 16.5. The minimum Gasteiger partial charge on any atom is -0.462 e. The van der Waals surface area contributed by atoms with E-state index in [0.717, 1.165) is 22.0 Å². The van der Waals surface area contributed by atoms with E-state index in [1.807, 2.05) is 84.1 Å². The minimum absolute atomic E-state index is 0.145. The number of carbonyl (C=O) groups excluding carboxylic acids is 2. The fourth-order valence-corrected chi connectivity index (χ4v) is 4.42. The van der Waals surface area contributed by atoms with E-state index in [-0.39, 0.29) is 12.4 Å². The maximum Gasteiger partial charge on any atom is 0.340 e.